The summed E-state index contributed by atoms with van der Waals surface area (Å²) in [7, 11) is 0. The number of benzene rings is 2. The van der Waals surface area contributed by atoms with Gasteiger partial charge in [-0.15, -0.1) is 0 Å². The molecule has 0 saturated carbocycles. The van der Waals surface area contributed by atoms with Crippen LogP contribution in [-0.4, -0.2) is 52.5 Å². The van der Waals surface area contributed by atoms with Crippen LogP contribution in [0.5, 0.6) is 5.75 Å². The molecule has 9 nitrogen and oxygen atoms in total. The molecule has 2 heterocycles. The van der Waals surface area contributed by atoms with Gasteiger partial charge in [0.25, 0.3) is 17.4 Å². The Balaban J connectivity index is 1.78. The quantitative estimate of drug-likeness (QED) is 0.224. The summed E-state index contributed by atoms with van der Waals surface area (Å²) in [5.41, 5.74) is 0.683. The predicted molar refractivity (Wildman–Crippen MR) is 119 cm³/mol. The van der Waals surface area contributed by atoms with E-state index in [0.717, 1.165) is 12.8 Å². The zero-order valence-corrected chi connectivity index (χ0v) is 18.1. The normalized spacial score (nSPS) is 22.0. The van der Waals surface area contributed by atoms with Gasteiger partial charge in [-0.2, -0.15) is 0 Å². The number of aliphatic hydroxyl groups excluding tert-OH is 1. The molecule has 33 heavy (non-hydrogen) atoms. The third-order valence-corrected chi connectivity index (χ3v) is 5.82. The fraction of sp³-hybridized carbons (Fsp3) is 0.333. The van der Waals surface area contributed by atoms with Crippen LogP contribution in [0, 0.1) is 10.1 Å². The molecular formula is C24H24N2O7. The van der Waals surface area contributed by atoms with Gasteiger partial charge in [0.05, 0.1) is 29.2 Å². The summed E-state index contributed by atoms with van der Waals surface area (Å²) in [6, 6.07) is 11.3. The molecule has 9 heteroatoms. The fourth-order valence-electron chi connectivity index (χ4n) is 4.23. The third-order valence-electron chi connectivity index (χ3n) is 5.82. The number of hydrogen-bond donors (Lipinski definition) is 1. The number of carbonyl (C=O) groups excluding carboxylic acids is 2. The first-order valence-electron chi connectivity index (χ1n) is 10.8. The summed E-state index contributed by atoms with van der Waals surface area (Å²) >= 11 is 0. The Morgan fingerprint density at radius 3 is 2.45 bits per heavy atom. The molecule has 0 radical (unpaired) electrons. The van der Waals surface area contributed by atoms with Crippen molar-refractivity contribution in [3.8, 4) is 5.75 Å². The fourth-order valence-corrected chi connectivity index (χ4v) is 4.23. The van der Waals surface area contributed by atoms with E-state index in [1.54, 1.807) is 24.3 Å². The molecular weight excluding hydrogens is 428 g/mol. The van der Waals surface area contributed by atoms with Crippen LogP contribution in [0.15, 0.2) is 54.1 Å². The summed E-state index contributed by atoms with van der Waals surface area (Å²) in [5, 5.41) is 22.2. The Bertz CT molecular complexity index is 1090. The Labute approximate surface area is 190 Å². The van der Waals surface area contributed by atoms with Crippen molar-refractivity contribution in [1.82, 2.24) is 4.90 Å². The highest BCUT2D eigenvalue weighted by Gasteiger charge is 2.47. The average molecular weight is 452 g/mol. The second-order valence-corrected chi connectivity index (χ2v) is 7.89. The van der Waals surface area contributed by atoms with Crippen LogP contribution in [0.4, 0.5) is 5.69 Å². The lowest BCUT2D eigenvalue weighted by atomic mass is 9.95. The van der Waals surface area contributed by atoms with E-state index in [-0.39, 0.29) is 29.7 Å². The van der Waals surface area contributed by atoms with Gasteiger partial charge in [-0.05, 0) is 61.7 Å². The number of ketones is 1. The number of rotatable bonds is 7. The van der Waals surface area contributed by atoms with Crippen molar-refractivity contribution >= 4 is 23.1 Å². The number of carbonyl (C=O) groups is 2. The second-order valence-electron chi connectivity index (χ2n) is 7.89. The molecule has 2 unspecified atom stereocenters. The minimum absolute atomic E-state index is 0.0593. The van der Waals surface area contributed by atoms with Crippen molar-refractivity contribution in [2.24, 2.45) is 0 Å². The lowest BCUT2D eigenvalue weighted by Gasteiger charge is -2.27. The van der Waals surface area contributed by atoms with Gasteiger partial charge in [0.2, 0.25) is 0 Å². The maximum atomic E-state index is 13.0. The van der Waals surface area contributed by atoms with Crippen molar-refractivity contribution in [2.75, 3.05) is 19.8 Å². The second kappa shape index (κ2) is 9.41. The molecule has 1 amide bonds. The molecule has 0 spiro atoms. The van der Waals surface area contributed by atoms with Gasteiger partial charge in [0.1, 0.15) is 11.5 Å². The minimum atomic E-state index is -0.887. The first kappa shape index (κ1) is 22.5. The number of ether oxygens (including phenoxy) is 2. The van der Waals surface area contributed by atoms with Crippen LogP contribution < -0.4 is 4.74 Å². The summed E-state index contributed by atoms with van der Waals surface area (Å²) in [6.07, 6.45) is 1.41. The van der Waals surface area contributed by atoms with Crippen LogP contribution in [0.3, 0.4) is 0 Å². The number of nitro benzene ring substituents is 1. The van der Waals surface area contributed by atoms with E-state index in [0.29, 0.717) is 30.1 Å². The van der Waals surface area contributed by atoms with Gasteiger partial charge in [0, 0.05) is 30.8 Å². The van der Waals surface area contributed by atoms with E-state index >= 15 is 0 Å². The van der Waals surface area contributed by atoms with Crippen molar-refractivity contribution in [2.45, 2.75) is 31.9 Å². The number of nitrogens with zero attached hydrogens (tertiary/aromatic N) is 2. The van der Waals surface area contributed by atoms with Gasteiger partial charge in [-0.1, -0.05) is 0 Å². The number of aliphatic hydroxyl groups is 1. The highest BCUT2D eigenvalue weighted by atomic mass is 16.6. The number of Topliss-reactive ketones (excluding diaryl/α,β-unsaturated/α-hetero) is 1. The van der Waals surface area contributed by atoms with E-state index < -0.39 is 22.7 Å². The molecule has 2 fully saturated rings. The Morgan fingerprint density at radius 2 is 1.88 bits per heavy atom. The van der Waals surface area contributed by atoms with Crippen LogP contribution in [0.1, 0.15) is 36.9 Å². The van der Waals surface area contributed by atoms with E-state index in [4.69, 9.17) is 9.47 Å². The summed E-state index contributed by atoms with van der Waals surface area (Å²) in [6.45, 7) is 3.11. The lowest BCUT2D eigenvalue weighted by Crippen LogP contribution is -2.36. The summed E-state index contributed by atoms with van der Waals surface area (Å²) < 4.78 is 11.1. The Morgan fingerprint density at radius 1 is 1.18 bits per heavy atom. The van der Waals surface area contributed by atoms with Crippen molar-refractivity contribution in [1.29, 1.82) is 0 Å². The predicted octanol–water partition coefficient (Wildman–Crippen LogP) is 3.59. The van der Waals surface area contributed by atoms with Crippen LogP contribution in [0.2, 0.25) is 0 Å². The molecule has 2 atom stereocenters. The van der Waals surface area contributed by atoms with Crippen LogP contribution in [0.25, 0.3) is 5.76 Å². The molecule has 0 bridgehead atoms. The van der Waals surface area contributed by atoms with Gasteiger partial charge in [-0.25, -0.2) is 0 Å². The zero-order chi connectivity index (χ0) is 23.5. The van der Waals surface area contributed by atoms with Gasteiger partial charge in [0.15, 0.2) is 0 Å². The molecule has 0 aliphatic carbocycles. The lowest BCUT2D eigenvalue weighted by molar-refractivity contribution is -0.384. The van der Waals surface area contributed by atoms with Crippen molar-refractivity contribution in [3.63, 3.8) is 0 Å². The minimum Gasteiger partial charge on any atom is -0.507 e. The smallest absolute Gasteiger partial charge is 0.295 e. The molecule has 2 aromatic carbocycles. The molecule has 4 rings (SSSR count). The number of nitro groups is 1. The van der Waals surface area contributed by atoms with E-state index in [9.17, 15) is 24.8 Å². The van der Waals surface area contributed by atoms with Gasteiger partial charge >= 0.3 is 0 Å². The number of non-ortho nitro benzene ring substituents is 1. The largest absolute Gasteiger partial charge is 0.507 e. The third kappa shape index (κ3) is 4.45. The molecule has 0 aromatic heterocycles. The number of likely N-dealkylation sites (tertiary alicyclic amines) is 1. The van der Waals surface area contributed by atoms with Crippen molar-refractivity contribution < 1.29 is 29.1 Å². The Hall–Kier alpha value is -3.72. The van der Waals surface area contributed by atoms with E-state index in [1.807, 2.05) is 6.92 Å². The topological polar surface area (TPSA) is 119 Å². The maximum Gasteiger partial charge on any atom is 0.295 e. The summed E-state index contributed by atoms with van der Waals surface area (Å²) in [4.78, 5) is 38.0. The van der Waals surface area contributed by atoms with Gasteiger partial charge < -0.3 is 19.5 Å². The first-order chi connectivity index (χ1) is 15.9. The van der Waals surface area contributed by atoms with Gasteiger partial charge in [-0.3, -0.25) is 19.7 Å². The monoisotopic (exact) mass is 452 g/mol. The van der Waals surface area contributed by atoms with Crippen LogP contribution >= 0.6 is 0 Å². The molecule has 2 saturated heterocycles. The molecule has 2 aromatic rings. The average Bonchev–Trinajstić information content (AvgIpc) is 3.42. The number of amides is 1. The maximum absolute atomic E-state index is 13.0. The standard InChI is InChI=1S/C24H24N2O7/c1-2-32-18-11-7-16(8-12-18)22(27)20-21(15-5-9-17(10-6-15)26(30)31)25(24(29)23(20)28)14-19-4-3-13-33-19/h5-12,19,21,27H,2-4,13-14H2,1H3. The SMILES string of the molecule is CCOc1ccc(C(O)=C2C(=O)C(=O)N(CC3CCCO3)C2c2ccc([N+](=O)[O-])cc2)cc1. The van der Waals surface area contributed by atoms with Crippen molar-refractivity contribution in [3.05, 3.63) is 75.3 Å². The van der Waals surface area contributed by atoms with E-state index in [1.165, 1.54) is 29.2 Å². The molecule has 2 aliphatic heterocycles. The first-order valence-corrected chi connectivity index (χ1v) is 10.8. The molecule has 2 aliphatic rings. The number of hydrogen-bond acceptors (Lipinski definition) is 7. The zero-order valence-electron chi connectivity index (χ0n) is 18.1. The highest BCUT2D eigenvalue weighted by Crippen LogP contribution is 2.40. The van der Waals surface area contributed by atoms with Crippen LogP contribution in [-0.2, 0) is 14.3 Å². The molecule has 1 N–H and O–H groups in total. The molecule has 172 valence electrons. The summed E-state index contributed by atoms with van der Waals surface area (Å²) in [5.74, 6) is -1.24. The van der Waals surface area contributed by atoms with E-state index in [2.05, 4.69) is 0 Å². The highest BCUT2D eigenvalue weighted by molar-refractivity contribution is 6.46. The Kier molecular flexibility index (Phi) is 6.41.